The second-order valence-electron chi connectivity index (χ2n) is 12.4. The third-order valence-electron chi connectivity index (χ3n) is 10.1. The van der Waals surface area contributed by atoms with Gasteiger partial charge in [-0.25, -0.2) is 9.59 Å². The molecule has 0 aromatic heterocycles. The molecule has 5 rings (SSSR count). The van der Waals surface area contributed by atoms with E-state index in [9.17, 15) is 19.2 Å². The Labute approximate surface area is 200 Å². The molecular formula is C26H36O8. The number of esters is 2. The van der Waals surface area contributed by atoms with Crippen LogP contribution in [0, 0.1) is 22.7 Å². The highest BCUT2D eigenvalue weighted by atomic mass is 16.6. The molecule has 0 aromatic rings. The summed E-state index contributed by atoms with van der Waals surface area (Å²) < 4.78 is 23.8. The summed E-state index contributed by atoms with van der Waals surface area (Å²) >= 11 is 0. The van der Waals surface area contributed by atoms with Crippen LogP contribution in [-0.2, 0) is 38.1 Å². The maximum Gasteiger partial charge on any atom is 0.346 e. The van der Waals surface area contributed by atoms with E-state index in [1.54, 1.807) is 0 Å². The van der Waals surface area contributed by atoms with Crippen molar-refractivity contribution in [1.82, 2.24) is 0 Å². The monoisotopic (exact) mass is 476 g/mol. The normalized spacial score (nSPS) is 47.6. The summed E-state index contributed by atoms with van der Waals surface area (Å²) in [5, 5.41) is 0. The van der Waals surface area contributed by atoms with E-state index in [2.05, 4.69) is 0 Å². The van der Waals surface area contributed by atoms with E-state index in [1.807, 2.05) is 41.5 Å². The van der Waals surface area contributed by atoms with Crippen molar-refractivity contribution < 1.29 is 38.1 Å². The van der Waals surface area contributed by atoms with Crippen molar-refractivity contribution in [2.45, 2.75) is 102 Å². The minimum absolute atomic E-state index is 0.0804. The average Bonchev–Trinajstić information content (AvgIpc) is 3.35. The molecule has 2 spiro atoms. The molecule has 5 saturated heterocycles. The zero-order chi connectivity index (χ0) is 24.9. The summed E-state index contributed by atoms with van der Waals surface area (Å²) in [5.41, 5.74) is -6.30. The number of carbonyl (C=O) groups is 4. The molecule has 0 aromatic carbocycles. The van der Waals surface area contributed by atoms with Crippen LogP contribution < -0.4 is 0 Å². The number of fused-ring (bicyclic) bond motifs is 2. The first kappa shape index (κ1) is 23.9. The molecule has 8 nitrogen and oxygen atoms in total. The Morgan fingerprint density at radius 1 is 0.618 bits per heavy atom. The number of ketones is 2. The lowest BCUT2D eigenvalue weighted by Crippen LogP contribution is -2.56. The van der Waals surface area contributed by atoms with Crippen LogP contribution in [-0.4, -0.2) is 59.1 Å². The van der Waals surface area contributed by atoms with Crippen molar-refractivity contribution in [3.05, 3.63) is 0 Å². The molecule has 188 valence electrons. The number of rotatable bonds is 0. The van der Waals surface area contributed by atoms with Gasteiger partial charge in [0.25, 0.3) is 0 Å². The van der Waals surface area contributed by atoms with Gasteiger partial charge in [-0.15, -0.1) is 0 Å². The van der Waals surface area contributed by atoms with Gasteiger partial charge in [-0.3, -0.25) is 9.59 Å². The molecule has 0 N–H and O–H groups in total. The van der Waals surface area contributed by atoms with Crippen molar-refractivity contribution in [3.8, 4) is 0 Å². The number of cyclic esters (lactones) is 2. The van der Waals surface area contributed by atoms with Crippen LogP contribution in [0.4, 0.5) is 0 Å². The second-order valence-corrected chi connectivity index (χ2v) is 12.4. The van der Waals surface area contributed by atoms with Crippen LogP contribution in [0.5, 0.6) is 0 Å². The first-order valence-corrected chi connectivity index (χ1v) is 12.5. The molecule has 4 bridgehead atoms. The summed E-state index contributed by atoms with van der Waals surface area (Å²) in [6.07, 6.45) is 2.91. The van der Waals surface area contributed by atoms with Crippen molar-refractivity contribution in [3.63, 3.8) is 0 Å². The van der Waals surface area contributed by atoms with Gasteiger partial charge in [-0.1, -0.05) is 0 Å². The van der Waals surface area contributed by atoms with Crippen LogP contribution in [0.3, 0.4) is 0 Å². The molecule has 0 radical (unpaired) electrons. The third kappa shape index (κ3) is 2.56. The predicted octanol–water partition coefficient (Wildman–Crippen LogP) is 2.93. The first-order valence-electron chi connectivity index (χ1n) is 12.5. The first-order chi connectivity index (χ1) is 15.7. The zero-order valence-corrected chi connectivity index (χ0v) is 21.1. The van der Waals surface area contributed by atoms with Gasteiger partial charge in [0.1, 0.15) is 0 Å². The predicted molar refractivity (Wildman–Crippen MR) is 119 cm³/mol. The van der Waals surface area contributed by atoms with Crippen molar-refractivity contribution in [2.75, 3.05) is 13.2 Å². The number of hydrogen-bond acceptors (Lipinski definition) is 8. The summed E-state index contributed by atoms with van der Waals surface area (Å²) in [6.45, 7) is 11.2. The minimum Gasteiger partial charge on any atom is -0.463 e. The molecule has 0 aliphatic carbocycles. The Morgan fingerprint density at radius 2 is 0.971 bits per heavy atom. The molecule has 5 heterocycles. The van der Waals surface area contributed by atoms with Gasteiger partial charge in [-0.05, 0) is 80.1 Å². The van der Waals surface area contributed by atoms with Crippen LogP contribution in [0.1, 0.15) is 80.1 Å². The van der Waals surface area contributed by atoms with Gasteiger partial charge in [-0.2, -0.15) is 0 Å². The largest absolute Gasteiger partial charge is 0.463 e. The van der Waals surface area contributed by atoms with Gasteiger partial charge in [0.05, 0.1) is 35.2 Å². The lowest BCUT2D eigenvalue weighted by atomic mass is 9.59. The molecular weight excluding hydrogens is 440 g/mol. The van der Waals surface area contributed by atoms with Crippen molar-refractivity contribution in [1.29, 1.82) is 0 Å². The van der Waals surface area contributed by atoms with Crippen LogP contribution in [0.15, 0.2) is 0 Å². The molecule has 0 amide bonds. The summed E-state index contributed by atoms with van der Waals surface area (Å²) in [4.78, 5) is 53.6. The van der Waals surface area contributed by atoms with Gasteiger partial charge in [0, 0.05) is 11.8 Å². The number of carbonyl (C=O) groups excluding carboxylic acids is 4. The van der Waals surface area contributed by atoms with E-state index in [0.29, 0.717) is 38.5 Å². The van der Waals surface area contributed by atoms with E-state index in [1.165, 1.54) is 0 Å². The third-order valence-corrected chi connectivity index (χ3v) is 10.1. The fourth-order valence-corrected chi connectivity index (χ4v) is 7.24. The lowest BCUT2D eigenvalue weighted by Gasteiger charge is -2.39. The Hall–Kier alpha value is -1.80. The Kier molecular flexibility index (Phi) is 4.86. The topological polar surface area (TPSA) is 105 Å². The Balaban J connectivity index is 1.42. The molecule has 2 unspecified atom stereocenters. The fourth-order valence-electron chi connectivity index (χ4n) is 7.24. The van der Waals surface area contributed by atoms with Crippen LogP contribution in [0.25, 0.3) is 0 Å². The quantitative estimate of drug-likeness (QED) is 0.388. The van der Waals surface area contributed by atoms with Crippen molar-refractivity contribution in [2.24, 2.45) is 22.7 Å². The molecule has 5 fully saturated rings. The molecule has 8 heteroatoms. The summed E-state index contributed by atoms with van der Waals surface area (Å²) in [6, 6.07) is 0. The van der Waals surface area contributed by atoms with Crippen molar-refractivity contribution >= 4 is 23.5 Å². The van der Waals surface area contributed by atoms with E-state index in [4.69, 9.17) is 18.9 Å². The Morgan fingerprint density at radius 3 is 1.29 bits per heavy atom. The van der Waals surface area contributed by atoms with Crippen LogP contribution in [0.2, 0.25) is 0 Å². The van der Waals surface area contributed by atoms with Gasteiger partial charge >= 0.3 is 11.9 Å². The Bertz CT molecular complexity index is 905. The maximum absolute atomic E-state index is 13.5. The van der Waals surface area contributed by atoms with Gasteiger partial charge in [0.2, 0.25) is 11.2 Å². The molecule has 6 atom stereocenters. The highest BCUT2D eigenvalue weighted by Crippen LogP contribution is 2.63. The van der Waals surface area contributed by atoms with E-state index < -0.39 is 45.2 Å². The number of hydrogen-bond donors (Lipinski definition) is 0. The van der Waals surface area contributed by atoms with E-state index >= 15 is 0 Å². The molecule has 0 saturated carbocycles. The lowest BCUT2D eigenvalue weighted by molar-refractivity contribution is -0.179. The van der Waals surface area contributed by atoms with Crippen LogP contribution >= 0.6 is 0 Å². The maximum atomic E-state index is 13.5. The standard InChI is InChI=1S/C26H36O8/c1-21(2)17(27)25-15(13-23(21,5)33-25)9-7-12-32-20(30)26-16(10-8-11-31-19(25)29)14-24(6,34-26)22(3,4)18(26)28/h15-16H,7-14H2,1-6H3/t15?,16?,23-,24+,25+,26-. The minimum atomic E-state index is -1.60. The second kappa shape index (κ2) is 6.90. The van der Waals surface area contributed by atoms with Gasteiger partial charge in [0.15, 0.2) is 11.6 Å². The molecule has 34 heavy (non-hydrogen) atoms. The van der Waals surface area contributed by atoms with Gasteiger partial charge < -0.3 is 18.9 Å². The molecule has 5 aliphatic heterocycles. The molecule has 5 aliphatic rings. The number of Topliss-reactive ketones (excluding diaryl/α,β-unsaturated/α-hetero) is 2. The zero-order valence-electron chi connectivity index (χ0n) is 21.1. The smallest absolute Gasteiger partial charge is 0.346 e. The highest BCUT2D eigenvalue weighted by Gasteiger charge is 2.78. The average molecular weight is 477 g/mol. The van der Waals surface area contributed by atoms with E-state index in [-0.39, 0.29) is 36.6 Å². The SMILES string of the molecule is CC1(C)C(=O)[C@@]23O[C@]1(C)CC2CCCOC(=O)[C@@]12O[C@@](C)(CC1CCCOC3=O)C(C)(C)C2=O. The van der Waals surface area contributed by atoms with E-state index in [0.717, 1.165) is 0 Å². The number of ether oxygens (including phenoxy) is 4. The highest BCUT2D eigenvalue weighted by molar-refractivity contribution is 6.14. The summed E-state index contributed by atoms with van der Waals surface area (Å²) in [5.74, 6) is -2.39. The fraction of sp³-hybridized carbons (Fsp3) is 0.846. The summed E-state index contributed by atoms with van der Waals surface area (Å²) in [7, 11) is 0.